The minimum absolute atomic E-state index is 0.127. The molecular formula is C19H18N4O2. The summed E-state index contributed by atoms with van der Waals surface area (Å²) in [6.07, 6.45) is 2.44. The number of carbonyl (C=O) groups excluding carboxylic acids is 1. The number of fused-ring (bicyclic) bond motifs is 1. The summed E-state index contributed by atoms with van der Waals surface area (Å²) in [5, 5.41) is 0. The number of nitrogens with zero attached hydrogens (tertiary/aromatic N) is 4. The number of aryl methyl sites for hydroxylation is 1. The van der Waals surface area contributed by atoms with E-state index >= 15 is 0 Å². The Morgan fingerprint density at radius 1 is 1.08 bits per heavy atom. The Morgan fingerprint density at radius 3 is 2.72 bits per heavy atom. The third-order valence-corrected chi connectivity index (χ3v) is 4.10. The van der Waals surface area contributed by atoms with Crippen LogP contribution in [-0.2, 0) is 13.0 Å². The fourth-order valence-corrected chi connectivity index (χ4v) is 2.89. The van der Waals surface area contributed by atoms with Crippen molar-refractivity contribution in [1.82, 2.24) is 14.5 Å². The zero-order chi connectivity index (χ0) is 17.2. The lowest BCUT2D eigenvalue weighted by molar-refractivity contribution is 0.244. The highest BCUT2D eigenvalue weighted by Crippen LogP contribution is 2.20. The van der Waals surface area contributed by atoms with Gasteiger partial charge in [-0.15, -0.1) is 0 Å². The number of rotatable bonds is 4. The summed E-state index contributed by atoms with van der Waals surface area (Å²) in [4.78, 5) is 23.4. The maximum Gasteiger partial charge on any atom is 0.335 e. The van der Waals surface area contributed by atoms with Crippen LogP contribution < -0.4 is 9.64 Å². The van der Waals surface area contributed by atoms with E-state index in [0.29, 0.717) is 25.4 Å². The summed E-state index contributed by atoms with van der Waals surface area (Å²) in [6.45, 7) is 2.82. The van der Waals surface area contributed by atoms with Crippen molar-refractivity contribution in [1.29, 1.82) is 0 Å². The van der Waals surface area contributed by atoms with Gasteiger partial charge in [0.1, 0.15) is 24.0 Å². The van der Waals surface area contributed by atoms with Gasteiger partial charge in [0.15, 0.2) is 0 Å². The molecule has 1 aliphatic rings. The summed E-state index contributed by atoms with van der Waals surface area (Å²) in [5.41, 5.74) is 1.63. The maximum absolute atomic E-state index is 12.8. The Bertz CT molecular complexity index is 905. The fourth-order valence-electron chi connectivity index (χ4n) is 2.89. The number of hydrogen-bond acceptors (Lipinski definition) is 4. The van der Waals surface area contributed by atoms with Gasteiger partial charge in [-0.05, 0) is 31.2 Å². The van der Waals surface area contributed by atoms with Gasteiger partial charge in [-0.2, -0.15) is 0 Å². The van der Waals surface area contributed by atoms with Crippen LogP contribution in [0.15, 0.2) is 54.7 Å². The molecule has 1 amide bonds. The Kier molecular flexibility index (Phi) is 3.93. The molecule has 4 rings (SSSR count). The lowest BCUT2D eigenvalue weighted by Gasteiger charge is -2.26. The molecule has 1 aliphatic heterocycles. The smallest absolute Gasteiger partial charge is 0.335 e. The quantitative estimate of drug-likeness (QED) is 0.735. The largest absolute Gasteiger partial charge is 0.487 e. The number of hydrogen-bond donors (Lipinski definition) is 0. The van der Waals surface area contributed by atoms with Gasteiger partial charge in [0.25, 0.3) is 0 Å². The minimum atomic E-state index is -0.127. The fraction of sp³-hybridized carbons (Fsp3) is 0.211. The molecule has 6 heteroatoms. The Hall–Kier alpha value is -3.15. The number of amides is 1. The summed E-state index contributed by atoms with van der Waals surface area (Å²) in [7, 11) is 0. The second kappa shape index (κ2) is 6.39. The first-order valence-corrected chi connectivity index (χ1v) is 8.21. The van der Waals surface area contributed by atoms with Crippen LogP contribution in [-0.4, -0.2) is 27.1 Å². The Morgan fingerprint density at radius 2 is 1.92 bits per heavy atom. The van der Waals surface area contributed by atoms with Crippen molar-refractivity contribution in [3.63, 3.8) is 0 Å². The molecular weight excluding hydrogens is 316 g/mol. The molecule has 3 heterocycles. The predicted molar refractivity (Wildman–Crippen MR) is 93.8 cm³/mol. The van der Waals surface area contributed by atoms with Crippen LogP contribution in [0.4, 0.5) is 10.6 Å². The third kappa shape index (κ3) is 3.10. The van der Waals surface area contributed by atoms with Crippen molar-refractivity contribution in [2.24, 2.45) is 0 Å². The first-order chi connectivity index (χ1) is 12.2. The highest BCUT2D eigenvalue weighted by molar-refractivity contribution is 5.94. The van der Waals surface area contributed by atoms with Gasteiger partial charge in [0.2, 0.25) is 0 Å². The van der Waals surface area contributed by atoms with Crippen LogP contribution in [0.5, 0.6) is 5.75 Å². The molecule has 0 N–H and O–H groups in total. The number of benzene rings is 1. The molecule has 126 valence electrons. The highest BCUT2D eigenvalue weighted by Gasteiger charge is 2.27. The second-order valence-corrected chi connectivity index (χ2v) is 5.94. The Labute approximate surface area is 145 Å². The van der Waals surface area contributed by atoms with E-state index < -0.39 is 0 Å². The molecule has 3 aromatic rings. The SMILES string of the molecule is Cc1cccc(N2CCc3nc(COc4ccccc4)cn3C2=O)n1. The number of pyridine rings is 1. The van der Waals surface area contributed by atoms with Gasteiger partial charge in [-0.1, -0.05) is 24.3 Å². The zero-order valence-corrected chi connectivity index (χ0v) is 13.9. The van der Waals surface area contributed by atoms with E-state index in [1.165, 1.54) is 0 Å². The summed E-state index contributed by atoms with van der Waals surface area (Å²) < 4.78 is 7.31. The summed E-state index contributed by atoms with van der Waals surface area (Å²) in [6, 6.07) is 15.1. The monoisotopic (exact) mass is 334 g/mol. The van der Waals surface area contributed by atoms with E-state index in [1.54, 1.807) is 15.7 Å². The van der Waals surface area contributed by atoms with Crippen LogP contribution in [0.3, 0.4) is 0 Å². The molecule has 2 aromatic heterocycles. The molecule has 0 bridgehead atoms. The summed E-state index contributed by atoms with van der Waals surface area (Å²) >= 11 is 0. The molecule has 6 nitrogen and oxygen atoms in total. The van der Waals surface area contributed by atoms with E-state index in [-0.39, 0.29) is 6.03 Å². The maximum atomic E-state index is 12.8. The second-order valence-electron chi connectivity index (χ2n) is 5.94. The van der Waals surface area contributed by atoms with Crippen LogP contribution in [0.1, 0.15) is 17.2 Å². The van der Waals surface area contributed by atoms with Gasteiger partial charge >= 0.3 is 6.03 Å². The normalized spacial score (nSPS) is 13.6. The number of imidazole rings is 1. The zero-order valence-electron chi connectivity index (χ0n) is 13.9. The lowest BCUT2D eigenvalue weighted by Crippen LogP contribution is -2.42. The van der Waals surface area contributed by atoms with Crippen molar-refractivity contribution >= 4 is 11.8 Å². The van der Waals surface area contributed by atoms with Gasteiger partial charge in [0.05, 0.1) is 5.69 Å². The number of para-hydroxylation sites is 1. The number of ether oxygens (including phenoxy) is 1. The van der Waals surface area contributed by atoms with Crippen molar-refractivity contribution < 1.29 is 9.53 Å². The molecule has 0 aliphatic carbocycles. The average molecular weight is 334 g/mol. The molecule has 0 radical (unpaired) electrons. The van der Waals surface area contributed by atoms with Crippen LogP contribution in [0, 0.1) is 6.92 Å². The van der Waals surface area contributed by atoms with E-state index in [2.05, 4.69) is 9.97 Å². The van der Waals surface area contributed by atoms with Gasteiger partial charge in [0, 0.05) is 24.9 Å². The molecule has 25 heavy (non-hydrogen) atoms. The predicted octanol–water partition coefficient (Wildman–Crippen LogP) is 3.20. The molecule has 0 unspecified atom stereocenters. The molecule has 0 saturated carbocycles. The topological polar surface area (TPSA) is 60.2 Å². The average Bonchev–Trinajstić information content (AvgIpc) is 3.05. The standard InChI is InChI=1S/C19H18N4O2/c1-14-6-5-9-17(20-14)22-11-10-18-21-15(12-23(18)19(22)24)13-25-16-7-3-2-4-8-16/h2-9,12H,10-11,13H2,1H3. The van der Waals surface area contributed by atoms with E-state index in [9.17, 15) is 4.79 Å². The minimum Gasteiger partial charge on any atom is -0.487 e. The van der Waals surface area contributed by atoms with E-state index in [4.69, 9.17) is 4.74 Å². The third-order valence-electron chi connectivity index (χ3n) is 4.10. The first-order valence-electron chi connectivity index (χ1n) is 8.21. The van der Waals surface area contributed by atoms with Crippen LogP contribution in [0.25, 0.3) is 0 Å². The number of carbonyl (C=O) groups is 1. The summed E-state index contributed by atoms with van der Waals surface area (Å²) in [5.74, 6) is 2.22. The molecule has 0 fully saturated rings. The van der Waals surface area contributed by atoms with Gasteiger partial charge in [-0.3, -0.25) is 9.47 Å². The van der Waals surface area contributed by atoms with Crippen molar-refractivity contribution in [3.05, 3.63) is 71.9 Å². The number of aromatic nitrogens is 3. The highest BCUT2D eigenvalue weighted by atomic mass is 16.5. The first kappa shape index (κ1) is 15.4. The van der Waals surface area contributed by atoms with E-state index in [1.807, 2.05) is 55.5 Å². The van der Waals surface area contributed by atoms with Crippen molar-refractivity contribution in [3.8, 4) is 5.75 Å². The number of anilines is 1. The van der Waals surface area contributed by atoms with Crippen LogP contribution in [0.2, 0.25) is 0 Å². The van der Waals surface area contributed by atoms with Gasteiger partial charge < -0.3 is 4.74 Å². The van der Waals surface area contributed by atoms with E-state index in [0.717, 1.165) is 23.0 Å². The van der Waals surface area contributed by atoms with Crippen molar-refractivity contribution in [2.75, 3.05) is 11.4 Å². The lowest BCUT2D eigenvalue weighted by atomic mass is 10.3. The molecule has 0 saturated heterocycles. The molecule has 1 aromatic carbocycles. The Balaban J connectivity index is 1.53. The molecule has 0 spiro atoms. The van der Waals surface area contributed by atoms with Crippen molar-refractivity contribution in [2.45, 2.75) is 20.0 Å². The van der Waals surface area contributed by atoms with Crippen LogP contribution >= 0.6 is 0 Å². The molecule has 0 atom stereocenters. The van der Waals surface area contributed by atoms with Gasteiger partial charge in [-0.25, -0.2) is 14.8 Å².